The van der Waals surface area contributed by atoms with Crippen LogP contribution in [0.25, 0.3) is 6.08 Å². The molecule has 3 atom stereocenters. The zero-order chi connectivity index (χ0) is 38.0. The summed E-state index contributed by atoms with van der Waals surface area (Å²) >= 11 is 0. The van der Waals surface area contributed by atoms with Crippen LogP contribution in [0.4, 0.5) is 4.79 Å². The molecule has 1 aliphatic heterocycles. The largest absolute Gasteiger partial charge is 0.441 e. The molecule has 52 heavy (non-hydrogen) atoms. The lowest BCUT2D eigenvalue weighted by Gasteiger charge is -2.33. The van der Waals surface area contributed by atoms with Crippen molar-refractivity contribution in [3.8, 4) is 11.5 Å². The van der Waals surface area contributed by atoms with Crippen LogP contribution in [0.5, 0.6) is 11.5 Å². The van der Waals surface area contributed by atoms with E-state index in [1.54, 1.807) is 56.3 Å². The third-order valence-corrected chi connectivity index (χ3v) is 11.2. The van der Waals surface area contributed by atoms with E-state index in [0.29, 0.717) is 5.56 Å². The van der Waals surface area contributed by atoms with E-state index in [1.807, 2.05) is 27.7 Å². The molecule has 5 rings (SSSR count). The minimum Gasteiger partial charge on any atom is -0.441 e. The van der Waals surface area contributed by atoms with Crippen LogP contribution in [0.3, 0.4) is 0 Å². The molecule has 1 aliphatic rings. The molecule has 2 amide bonds. The number of hydrogen-bond donors (Lipinski definition) is 1. The molecule has 274 valence electrons. The first-order valence-electron chi connectivity index (χ1n) is 16.5. The molecule has 0 bridgehead atoms. The number of aliphatic hydroxyl groups excluding tert-OH is 1. The Bertz CT molecular complexity index is 2160. The summed E-state index contributed by atoms with van der Waals surface area (Å²) in [7, 11) is -8.21. The van der Waals surface area contributed by atoms with Gasteiger partial charge in [-0.2, -0.15) is 16.8 Å². The van der Waals surface area contributed by atoms with Gasteiger partial charge in [0.2, 0.25) is 5.91 Å². The van der Waals surface area contributed by atoms with E-state index in [4.69, 9.17) is 13.1 Å². The maximum absolute atomic E-state index is 14.2. The summed E-state index contributed by atoms with van der Waals surface area (Å²) in [5.41, 5.74) is 1.59. The lowest BCUT2D eigenvalue weighted by atomic mass is 9.87. The zero-order valence-corrected chi connectivity index (χ0v) is 31.2. The summed E-state index contributed by atoms with van der Waals surface area (Å²) in [6.45, 7) is 10.8. The van der Waals surface area contributed by atoms with Crippen molar-refractivity contribution in [3.05, 3.63) is 125 Å². The fourth-order valence-corrected chi connectivity index (χ4v) is 7.97. The molecule has 0 aliphatic carbocycles. The molecule has 13 heteroatoms. The Kier molecular flexibility index (Phi) is 11.0. The summed E-state index contributed by atoms with van der Waals surface area (Å²) in [5, 5.41) is 11.7. The van der Waals surface area contributed by atoms with Gasteiger partial charge in [0.25, 0.3) is 0 Å². The first-order valence-corrected chi connectivity index (χ1v) is 19.3. The van der Waals surface area contributed by atoms with Gasteiger partial charge in [0.15, 0.2) is 0 Å². The SMILES string of the molecule is Cc1ccc(S(=O)(=O)Oc2ccc(/C=C/[C@H](C(=O)N3C(=O)OC(C)(C)[C@@H]3C(C)C)[C@H](O)c3ccc(OS(=O)(=O)c4ccc(C)cc4)cc3)cc2)cc1. The number of nitrogens with zero attached hydrogens (tertiary/aromatic N) is 1. The predicted octanol–water partition coefficient (Wildman–Crippen LogP) is 6.98. The topological polar surface area (TPSA) is 154 Å². The maximum atomic E-state index is 14.2. The lowest BCUT2D eigenvalue weighted by molar-refractivity contribution is -0.136. The normalized spacial score (nSPS) is 17.2. The molecule has 4 aromatic carbocycles. The van der Waals surface area contributed by atoms with Crippen LogP contribution in [-0.2, 0) is 29.8 Å². The lowest BCUT2D eigenvalue weighted by Crippen LogP contribution is -2.50. The summed E-state index contributed by atoms with van der Waals surface area (Å²) in [4.78, 5) is 28.4. The highest BCUT2D eigenvalue weighted by Gasteiger charge is 2.53. The average molecular weight is 748 g/mol. The van der Waals surface area contributed by atoms with Gasteiger partial charge in [0.05, 0.1) is 18.1 Å². The highest BCUT2D eigenvalue weighted by atomic mass is 32.2. The van der Waals surface area contributed by atoms with Crippen molar-refractivity contribution in [2.75, 3.05) is 0 Å². The Labute approximate surface area is 304 Å². The standard InChI is InChI=1S/C39H41NO10S2/c1-25(2)36-39(5,6)48-38(43)40(36)37(42)34(24-13-28-11-16-30(17-12-28)49-51(44,45)32-20-7-26(3)8-21-32)35(41)29-14-18-31(19-15-29)50-52(46,47)33-22-9-27(4)10-23-33/h7-25,34-36,41H,1-6H3/b24-13+/t34-,35+,36-/m0/s1. The highest BCUT2D eigenvalue weighted by molar-refractivity contribution is 7.87. The van der Waals surface area contributed by atoms with E-state index in [1.165, 1.54) is 66.7 Å². The van der Waals surface area contributed by atoms with Gasteiger partial charge in [-0.05, 0) is 93.3 Å². The fraction of sp³-hybridized carbons (Fsp3) is 0.282. The van der Waals surface area contributed by atoms with Crippen LogP contribution in [0.2, 0.25) is 0 Å². The van der Waals surface area contributed by atoms with Crippen LogP contribution >= 0.6 is 0 Å². The number of carbonyl (C=O) groups is 2. The number of carbonyl (C=O) groups excluding carboxylic acids is 2. The average Bonchev–Trinajstić information content (AvgIpc) is 3.33. The Hall–Kier alpha value is -4.98. The Morgan fingerprint density at radius 2 is 1.21 bits per heavy atom. The molecule has 1 fully saturated rings. The van der Waals surface area contributed by atoms with E-state index in [-0.39, 0.29) is 32.8 Å². The van der Waals surface area contributed by atoms with Crippen LogP contribution in [0.1, 0.15) is 56.1 Å². The number of ether oxygens (including phenoxy) is 1. The van der Waals surface area contributed by atoms with E-state index in [2.05, 4.69) is 0 Å². The summed E-state index contributed by atoms with van der Waals surface area (Å²) in [5.74, 6) is -2.12. The Balaban J connectivity index is 1.41. The van der Waals surface area contributed by atoms with Gasteiger partial charge < -0.3 is 18.2 Å². The fourth-order valence-electron chi connectivity index (χ4n) is 6.11. The van der Waals surface area contributed by atoms with Gasteiger partial charge in [-0.15, -0.1) is 0 Å². The zero-order valence-electron chi connectivity index (χ0n) is 29.6. The van der Waals surface area contributed by atoms with Crippen molar-refractivity contribution in [2.24, 2.45) is 11.8 Å². The van der Waals surface area contributed by atoms with Crippen molar-refractivity contribution < 1.29 is 44.6 Å². The third kappa shape index (κ3) is 8.55. The molecule has 1 saturated heterocycles. The number of hydrogen-bond acceptors (Lipinski definition) is 10. The molecule has 0 radical (unpaired) electrons. The number of benzene rings is 4. The third-order valence-electron chi connectivity index (χ3n) is 8.66. The van der Waals surface area contributed by atoms with Crippen molar-refractivity contribution in [3.63, 3.8) is 0 Å². The highest BCUT2D eigenvalue weighted by Crippen LogP contribution is 2.38. The minimum absolute atomic E-state index is 0.00761. The summed E-state index contributed by atoms with van der Waals surface area (Å²) in [6.07, 6.45) is 0.694. The number of amides is 2. The summed E-state index contributed by atoms with van der Waals surface area (Å²) in [6, 6.07) is 23.5. The van der Waals surface area contributed by atoms with E-state index < -0.39 is 55.9 Å². The molecule has 11 nitrogen and oxygen atoms in total. The molecule has 0 unspecified atom stereocenters. The van der Waals surface area contributed by atoms with Crippen molar-refractivity contribution >= 4 is 38.3 Å². The monoisotopic (exact) mass is 747 g/mol. The molecule has 1 heterocycles. The first-order chi connectivity index (χ1) is 24.4. The van der Waals surface area contributed by atoms with E-state index in [0.717, 1.165) is 16.0 Å². The van der Waals surface area contributed by atoms with Crippen LogP contribution < -0.4 is 8.37 Å². The smallest absolute Gasteiger partial charge is 0.417 e. The van der Waals surface area contributed by atoms with Gasteiger partial charge in [0, 0.05) is 0 Å². The number of cyclic esters (lactones) is 1. The second-order valence-electron chi connectivity index (χ2n) is 13.5. The maximum Gasteiger partial charge on any atom is 0.417 e. The molecule has 0 aromatic heterocycles. The van der Waals surface area contributed by atoms with Crippen molar-refractivity contribution in [1.82, 2.24) is 4.90 Å². The minimum atomic E-state index is -4.13. The van der Waals surface area contributed by atoms with Gasteiger partial charge >= 0.3 is 26.3 Å². The van der Waals surface area contributed by atoms with Crippen molar-refractivity contribution in [1.29, 1.82) is 0 Å². The van der Waals surface area contributed by atoms with Gasteiger partial charge in [-0.3, -0.25) is 4.79 Å². The Morgan fingerprint density at radius 3 is 1.65 bits per heavy atom. The molecule has 1 N–H and O–H groups in total. The molecule has 4 aromatic rings. The summed E-state index contributed by atoms with van der Waals surface area (Å²) < 4.78 is 67.3. The van der Waals surface area contributed by atoms with Crippen LogP contribution in [0, 0.1) is 25.7 Å². The molecular weight excluding hydrogens is 707 g/mol. The van der Waals surface area contributed by atoms with E-state index >= 15 is 0 Å². The van der Waals surface area contributed by atoms with Crippen molar-refractivity contribution in [2.45, 2.75) is 69.1 Å². The number of aryl methyl sites for hydroxylation is 2. The molecule has 0 saturated carbocycles. The number of aliphatic hydroxyl groups is 1. The van der Waals surface area contributed by atoms with Gasteiger partial charge in [0.1, 0.15) is 26.9 Å². The molecular formula is C39H41NO10S2. The molecule has 0 spiro atoms. The number of rotatable bonds is 12. The second kappa shape index (κ2) is 14.9. The predicted molar refractivity (Wildman–Crippen MR) is 194 cm³/mol. The van der Waals surface area contributed by atoms with Gasteiger partial charge in [-0.25, -0.2) is 9.69 Å². The van der Waals surface area contributed by atoms with Gasteiger partial charge in [-0.1, -0.05) is 85.7 Å². The second-order valence-corrected chi connectivity index (χ2v) is 16.6. The van der Waals surface area contributed by atoms with Crippen LogP contribution in [-0.4, -0.2) is 50.5 Å². The number of imide groups is 1. The quantitative estimate of drug-likeness (QED) is 0.150. The van der Waals surface area contributed by atoms with Crippen LogP contribution in [0.15, 0.2) is 113 Å². The van der Waals surface area contributed by atoms with E-state index in [9.17, 15) is 31.5 Å². The Morgan fingerprint density at radius 1 is 0.769 bits per heavy atom. The first kappa shape index (κ1) is 38.3.